The van der Waals surface area contributed by atoms with Crippen LogP contribution in [0.4, 0.5) is 0 Å². The Morgan fingerprint density at radius 1 is 1.21 bits per heavy atom. The Kier molecular flexibility index (Phi) is 961. The molecule has 0 spiro atoms. The van der Waals surface area contributed by atoms with E-state index in [1.54, 1.807) is 13.0 Å². The van der Waals surface area contributed by atoms with Gasteiger partial charge in [0.15, 0.2) is 0 Å². The Balaban J connectivity index is -0.0000000142. The molecule has 0 N–H and O–H groups in total. The van der Waals surface area contributed by atoms with Gasteiger partial charge in [0.2, 0.25) is 0 Å². The van der Waals surface area contributed by atoms with Crippen LogP contribution in [0.15, 0.2) is 25.8 Å². The number of allylic oxidation sites excluding steroid dienone is 1. The van der Waals surface area contributed by atoms with Crippen LogP contribution in [0.25, 0.3) is 0 Å². The molecule has 0 radical (unpaired) electrons. The Morgan fingerprint density at radius 2 is 1.21 bits per heavy atom. The predicted molar refractivity (Wildman–Crippen MR) is 75.7 cm³/mol. The summed E-state index contributed by atoms with van der Waals surface area (Å²) in [6.45, 7) is 21.2. The summed E-state index contributed by atoms with van der Waals surface area (Å²) in [7, 11) is 0. The summed E-state index contributed by atoms with van der Waals surface area (Å²) < 4.78 is 0. The second kappa shape index (κ2) is 353. The van der Waals surface area contributed by atoms with Gasteiger partial charge >= 0.3 is 0 Å². The fourth-order valence-electron chi connectivity index (χ4n) is 0. The zero-order valence-electron chi connectivity index (χ0n) is 10.5. The SMILES string of the molecule is C.C#CC.C=C.C=CC.CC.CCC. The van der Waals surface area contributed by atoms with Crippen LogP contribution in [0, 0.1) is 12.3 Å². The van der Waals surface area contributed by atoms with Crippen LogP contribution in [0.3, 0.4) is 0 Å². The van der Waals surface area contributed by atoms with Gasteiger partial charge in [-0.15, -0.1) is 32.1 Å². The van der Waals surface area contributed by atoms with Crippen molar-refractivity contribution in [2.24, 2.45) is 0 Å². The average Bonchev–Trinajstić information content (AvgIpc) is 2.14. The maximum absolute atomic E-state index is 4.60. The lowest BCUT2D eigenvalue weighted by atomic mass is 10.6. The Labute approximate surface area is 94.1 Å². The highest BCUT2D eigenvalue weighted by atomic mass is 13.4. The van der Waals surface area contributed by atoms with Crippen LogP contribution in [0.1, 0.15) is 55.4 Å². The van der Waals surface area contributed by atoms with E-state index < -0.39 is 0 Å². The summed E-state index contributed by atoms with van der Waals surface area (Å²) >= 11 is 0. The van der Waals surface area contributed by atoms with Crippen molar-refractivity contribution in [3.63, 3.8) is 0 Å². The minimum absolute atomic E-state index is 0. The molecule has 0 unspecified atom stereocenters. The van der Waals surface area contributed by atoms with Crippen molar-refractivity contribution >= 4 is 0 Å². The Bertz CT molecular complexity index is 64.6. The normalized spacial score (nSPS) is 3.50. The smallest absolute Gasteiger partial charge is 0.00297 e. The first-order valence-corrected chi connectivity index (χ1v) is 4.69. The molecule has 0 rings (SSSR count). The quantitative estimate of drug-likeness (QED) is 0.347. The van der Waals surface area contributed by atoms with Gasteiger partial charge in [-0.3, -0.25) is 0 Å². The van der Waals surface area contributed by atoms with Crippen LogP contribution < -0.4 is 0 Å². The minimum atomic E-state index is 0. The molecule has 0 fully saturated rings. The van der Waals surface area contributed by atoms with Crippen molar-refractivity contribution in [3.05, 3.63) is 25.8 Å². The molecule has 0 amide bonds. The first-order valence-electron chi connectivity index (χ1n) is 4.69. The average molecular weight is 200 g/mol. The molecule has 0 aromatic carbocycles. The van der Waals surface area contributed by atoms with Gasteiger partial charge in [0.25, 0.3) is 0 Å². The summed E-state index contributed by atoms with van der Waals surface area (Å²) in [5.74, 6) is 2.25. The fourth-order valence-corrected chi connectivity index (χ4v) is 0. The lowest BCUT2D eigenvalue weighted by Gasteiger charge is -1.48. The molecule has 0 aliphatic rings. The van der Waals surface area contributed by atoms with Crippen molar-refractivity contribution < 1.29 is 0 Å². The highest BCUT2D eigenvalue weighted by Gasteiger charge is 1.35. The zero-order valence-corrected chi connectivity index (χ0v) is 10.5. The Morgan fingerprint density at radius 3 is 1.21 bits per heavy atom. The molecule has 14 heavy (non-hydrogen) atoms. The summed E-state index contributed by atoms with van der Waals surface area (Å²) in [6, 6.07) is 0. The van der Waals surface area contributed by atoms with Crippen molar-refractivity contribution in [2.45, 2.75) is 55.4 Å². The van der Waals surface area contributed by atoms with Crippen LogP contribution in [-0.2, 0) is 0 Å². The van der Waals surface area contributed by atoms with Gasteiger partial charge in [-0.2, -0.15) is 0 Å². The second-order valence-corrected chi connectivity index (χ2v) is 1.40. The first kappa shape index (κ1) is 38.1. The molecule has 0 aromatic rings. The van der Waals surface area contributed by atoms with Crippen LogP contribution in [0.5, 0.6) is 0 Å². The highest BCUT2D eigenvalue weighted by Crippen LogP contribution is 1.56. The van der Waals surface area contributed by atoms with E-state index in [1.165, 1.54) is 6.42 Å². The maximum Gasteiger partial charge on any atom is -0.00297 e. The monoisotopic (exact) mass is 200 g/mol. The molecular weight excluding hydrogens is 168 g/mol. The predicted octanol–water partition coefficient (Wildman–Crippen LogP) is 5.71. The third-order valence-corrected chi connectivity index (χ3v) is 0. The van der Waals surface area contributed by atoms with Crippen LogP contribution in [-0.4, -0.2) is 0 Å². The maximum atomic E-state index is 4.60. The lowest BCUT2D eigenvalue weighted by Crippen LogP contribution is -1.27. The van der Waals surface area contributed by atoms with E-state index in [9.17, 15) is 0 Å². The molecule has 0 aliphatic heterocycles. The van der Waals surface area contributed by atoms with Gasteiger partial charge in [0, 0.05) is 0 Å². The van der Waals surface area contributed by atoms with Crippen molar-refractivity contribution in [2.75, 3.05) is 0 Å². The molecule has 0 atom stereocenters. The van der Waals surface area contributed by atoms with Gasteiger partial charge in [0.05, 0.1) is 0 Å². The van der Waals surface area contributed by atoms with Gasteiger partial charge in [0.1, 0.15) is 0 Å². The molecule has 88 valence electrons. The summed E-state index contributed by atoms with van der Waals surface area (Å²) in [6.07, 6.45) is 7.60. The van der Waals surface area contributed by atoms with Crippen LogP contribution >= 0.6 is 0 Å². The van der Waals surface area contributed by atoms with Crippen LogP contribution in [0.2, 0.25) is 0 Å². The molecule has 0 aliphatic carbocycles. The van der Waals surface area contributed by atoms with Crippen molar-refractivity contribution in [1.29, 1.82) is 0 Å². The third-order valence-electron chi connectivity index (χ3n) is 0. The number of hydrogen-bond acceptors (Lipinski definition) is 0. The molecule has 0 aromatic heterocycles. The Hall–Kier alpha value is -0.960. The lowest BCUT2D eigenvalue weighted by molar-refractivity contribution is 1.09. The molecule has 0 saturated heterocycles. The summed E-state index contributed by atoms with van der Waals surface area (Å²) in [5.41, 5.74) is 0. The van der Waals surface area contributed by atoms with E-state index in [0.29, 0.717) is 0 Å². The first-order chi connectivity index (χ1) is 6.24. The largest absolute Gasteiger partial charge is 0.120 e. The molecule has 0 bridgehead atoms. The number of terminal acetylenes is 1. The zero-order chi connectivity index (χ0) is 12.1. The number of hydrogen-bond donors (Lipinski definition) is 0. The van der Waals surface area contributed by atoms with Crippen molar-refractivity contribution in [3.8, 4) is 12.3 Å². The molecule has 0 heterocycles. The summed E-state index contributed by atoms with van der Waals surface area (Å²) in [5, 5.41) is 0. The standard InChI is InChI=1S/C3H8.C3H6.C3H4.C2H6.C2H4.CH4/c3*1-3-2;2*1-2;/h3H2,1-2H3;3H,1H2,2H3;1H,2H3;1-2H3;1-2H2;1H4. The van der Waals surface area contributed by atoms with Gasteiger partial charge < -0.3 is 0 Å². The molecule has 0 saturated carbocycles. The highest BCUT2D eigenvalue weighted by molar-refractivity contribution is 4.73. The molecular formula is C14H32. The van der Waals surface area contributed by atoms with E-state index in [0.717, 1.165) is 0 Å². The van der Waals surface area contributed by atoms with E-state index in [1.807, 2.05) is 20.8 Å². The van der Waals surface area contributed by atoms with E-state index >= 15 is 0 Å². The van der Waals surface area contributed by atoms with E-state index in [4.69, 9.17) is 0 Å². The van der Waals surface area contributed by atoms with Gasteiger partial charge in [-0.1, -0.05) is 47.6 Å². The summed E-state index contributed by atoms with van der Waals surface area (Å²) in [4.78, 5) is 0. The fraction of sp³-hybridized carbons (Fsp3) is 0.571. The topological polar surface area (TPSA) is 0 Å². The van der Waals surface area contributed by atoms with Gasteiger partial charge in [-0.05, 0) is 13.8 Å². The number of rotatable bonds is 0. The van der Waals surface area contributed by atoms with Gasteiger partial charge in [-0.25, -0.2) is 0 Å². The van der Waals surface area contributed by atoms with E-state index in [2.05, 4.69) is 45.9 Å². The van der Waals surface area contributed by atoms with E-state index in [-0.39, 0.29) is 7.43 Å². The molecule has 0 heteroatoms. The minimum Gasteiger partial charge on any atom is -0.120 e. The van der Waals surface area contributed by atoms with Crippen molar-refractivity contribution in [1.82, 2.24) is 0 Å². The molecule has 0 nitrogen and oxygen atoms in total. The second-order valence-electron chi connectivity index (χ2n) is 1.40. The third kappa shape index (κ3) is 1210.